The van der Waals surface area contributed by atoms with Crippen LogP contribution in [0.25, 0.3) is 90.3 Å². The molecule has 0 amide bonds. The lowest BCUT2D eigenvalue weighted by Gasteiger charge is -2.39. The van der Waals surface area contributed by atoms with Crippen molar-refractivity contribution in [1.82, 2.24) is 24.9 Å². The molecule has 9 aromatic carbocycles. The van der Waals surface area contributed by atoms with Crippen molar-refractivity contribution in [3.8, 4) is 102 Å². The molecule has 0 atom stereocenters. The highest BCUT2D eigenvalue weighted by atomic mass is 16.5. The molecular weight excluding hydrogens is 831 g/mol. The van der Waals surface area contributed by atoms with E-state index in [1.165, 1.54) is 11.1 Å². The van der Waals surface area contributed by atoms with Gasteiger partial charge in [0.2, 0.25) is 0 Å². The number of hydrogen-bond donors (Lipinski definition) is 0. The van der Waals surface area contributed by atoms with Crippen LogP contribution in [0.4, 0.5) is 0 Å². The molecular formula is C62H39N5O. The molecule has 11 aromatic rings. The third-order valence-corrected chi connectivity index (χ3v) is 13.2. The average molecular weight is 870 g/mol. The zero-order valence-corrected chi connectivity index (χ0v) is 36.7. The summed E-state index contributed by atoms with van der Waals surface area (Å²) >= 11 is 0. The molecule has 0 radical (unpaired) electrons. The van der Waals surface area contributed by atoms with E-state index in [0.29, 0.717) is 23.3 Å². The predicted molar refractivity (Wildman–Crippen MR) is 271 cm³/mol. The lowest BCUT2D eigenvalue weighted by atomic mass is 9.65. The maximum absolute atomic E-state index is 6.74. The molecule has 2 aliphatic rings. The minimum absolute atomic E-state index is 0.607. The van der Waals surface area contributed by atoms with Crippen LogP contribution in [0.5, 0.6) is 11.5 Å². The summed E-state index contributed by atoms with van der Waals surface area (Å²) in [6, 6.07) is 82.1. The van der Waals surface area contributed by atoms with Gasteiger partial charge in [-0.15, -0.1) is 0 Å². The number of fused-ring (bicyclic) bond motifs is 9. The molecule has 6 nitrogen and oxygen atoms in total. The number of ether oxygens (including phenoxy) is 1. The van der Waals surface area contributed by atoms with Crippen molar-refractivity contribution in [1.29, 1.82) is 0 Å². The summed E-state index contributed by atoms with van der Waals surface area (Å²) in [6.07, 6.45) is 0. The zero-order chi connectivity index (χ0) is 45.0. The maximum Gasteiger partial charge on any atom is 0.164 e. The molecule has 1 aliphatic heterocycles. The predicted octanol–water partition coefficient (Wildman–Crippen LogP) is 14.8. The second-order valence-corrected chi connectivity index (χ2v) is 17.2. The number of para-hydroxylation sites is 2. The first-order valence-corrected chi connectivity index (χ1v) is 22.8. The molecule has 0 saturated carbocycles. The molecule has 6 heteroatoms. The Morgan fingerprint density at radius 3 is 1.10 bits per heavy atom. The standard InChI is InChI=1S/C62H39N5O/c1-5-17-41(18-6-1)54-39-55(42-19-7-2-8-20-42)64-58(63-54)45-31-29-40(30-32-45)46-33-35-48-49-36-34-47(61-66-59(43-21-9-3-10-22-43)65-60(67-61)44-23-11-4-12-24-44)38-53(49)62(52(48)37-46)50-25-13-15-27-56(50)68-57-28-16-14-26-51(57)62/h1-39H. The topological polar surface area (TPSA) is 73.7 Å². The zero-order valence-electron chi connectivity index (χ0n) is 36.7. The Hall–Kier alpha value is -9.13. The Bertz CT molecular complexity index is 3530. The molecule has 0 fully saturated rings. The summed E-state index contributed by atoms with van der Waals surface area (Å²) in [5.41, 5.74) is 15.8. The molecule has 0 N–H and O–H groups in total. The minimum Gasteiger partial charge on any atom is -0.457 e. The highest BCUT2D eigenvalue weighted by Crippen LogP contribution is 2.62. The van der Waals surface area contributed by atoms with Crippen LogP contribution in [-0.4, -0.2) is 24.9 Å². The van der Waals surface area contributed by atoms with Gasteiger partial charge in [0.05, 0.1) is 16.8 Å². The Morgan fingerprint density at radius 2 is 0.603 bits per heavy atom. The largest absolute Gasteiger partial charge is 0.457 e. The Balaban J connectivity index is 0.967. The van der Waals surface area contributed by atoms with Crippen molar-refractivity contribution in [2.24, 2.45) is 0 Å². The van der Waals surface area contributed by atoms with Gasteiger partial charge in [-0.2, -0.15) is 0 Å². The van der Waals surface area contributed by atoms with E-state index in [1.807, 2.05) is 97.1 Å². The highest BCUT2D eigenvalue weighted by Gasteiger charge is 2.51. The van der Waals surface area contributed by atoms with Gasteiger partial charge in [-0.25, -0.2) is 24.9 Å². The minimum atomic E-state index is -0.723. The van der Waals surface area contributed by atoms with E-state index in [0.717, 1.165) is 89.6 Å². The van der Waals surface area contributed by atoms with Gasteiger partial charge in [0.1, 0.15) is 11.5 Å². The van der Waals surface area contributed by atoms with Gasteiger partial charge in [-0.1, -0.05) is 206 Å². The first kappa shape index (κ1) is 39.3. The van der Waals surface area contributed by atoms with E-state index >= 15 is 0 Å². The van der Waals surface area contributed by atoms with Gasteiger partial charge < -0.3 is 4.74 Å². The third-order valence-electron chi connectivity index (χ3n) is 13.2. The second kappa shape index (κ2) is 16.1. The van der Waals surface area contributed by atoms with E-state index in [4.69, 9.17) is 29.7 Å². The van der Waals surface area contributed by atoms with E-state index in [1.54, 1.807) is 0 Å². The molecule has 0 unspecified atom stereocenters. The Kier molecular flexibility index (Phi) is 9.29. The molecule has 3 heterocycles. The van der Waals surface area contributed by atoms with Crippen molar-refractivity contribution in [3.05, 3.63) is 259 Å². The van der Waals surface area contributed by atoms with Gasteiger partial charge in [-0.3, -0.25) is 0 Å². The van der Waals surface area contributed by atoms with E-state index in [9.17, 15) is 0 Å². The van der Waals surface area contributed by atoms with Crippen LogP contribution in [0.1, 0.15) is 22.3 Å². The maximum atomic E-state index is 6.74. The molecule has 0 saturated heterocycles. The molecule has 13 rings (SSSR count). The van der Waals surface area contributed by atoms with Crippen molar-refractivity contribution < 1.29 is 4.74 Å². The van der Waals surface area contributed by atoms with Gasteiger partial charge in [-0.05, 0) is 63.7 Å². The van der Waals surface area contributed by atoms with Gasteiger partial charge in [0.25, 0.3) is 0 Å². The quantitative estimate of drug-likeness (QED) is 0.159. The Morgan fingerprint density at radius 1 is 0.250 bits per heavy atom. The van der Waals surface area contributed by atoms with E-state index < -0.39 is 5.41 Å². The Labute approximate surface area is 394 Å². The van der Waals surface area contributed by atoms with Gasteiger partial charge >= 0.3 is 0 Å². The van der Waals surface area contributed by atoms with Crippen LogP contribution in [0.3, 0.4) is 0 Å². The number of aromatic nitrogens is 5. The molecule has 0 bridgehead atoms. The second-order valence-electron chi connectivity index (χ2n) is 17.2. The van der Waals surface area contributed by atoms with Crippen LogP contribution in [0.2, 0.25) is 0 Å². The third kappa shape index (κ3) is 6.53. The first-order valence-electron chi connectivity index (χ1n) is 22.8. The lowest BCUT2D eigenvalue weighted by molar-refractivity contribution is 0.436. The summed E-state index contributed by atoms with van der Waals surface area (Å²) in [6.45, 7) is 0. The molecule has 1 aliphatic carbocycles. The lowest BCUT2D eigenvalue weighted by Crippen LogP contribution is -2.32. The van der Waals surface area contributed by atoms with E-state index in [-0.39, 0.29) is 0 Å². The van der Waals surface area contributed by atoms with E-state index in [2.05, 4.69) is 140 Å². The smallest absolute Gasteiger partial charge is 0.164 e. The number of hydrogen-bond acceptors (Lipinski definition) is 6. The van der Waals surface area contributed by atoms with Crippen LogP contribution in [-0.2, 0) is 5.41 Å². The van der Waals surface area contributed by atoms with Gasteiger partial charge in [0.15, 0.2) is 23.3 Å². The molecule has 68 heavy (non-hydrogen) atoms. The summed E-state index contributed by atoms with van der Waals surface area (Å²) in [7, 11) is 0. The fourth-order valence-electron chi connectivity index (χ4n) is 10.1. The average Bonchev–Trinajstić information content (AvgIpc) is 3.70. The monoisotopic (exact) mass is 869 g/mol. The normalized spacial score (nSPS) is 12.6. The van der Waals surface area contributed by atoms with Crippen LogP contribution >= 0.6 is 0 Å². The summed E-state index contributed by atoms with van der Waals surface area (Å²) < 4.78 is 6.74. The number of benzene rings is 9. The fraction of sp³-hybridized carbons (Fsp3) is 0.0161. The van der Waals surface area contributed by atoms with Crippen LogP contribution in [0, 0.1) is 0 Å². The molecule has 1 spiro atoms. The van der Waals surface area contributed by atoms with Crippen molar-refractivity contribution >= 4 is 0 Å². The molecule has 318 valence electrons. The SMILES string of the molecule is c1ccc(-c2cc(-c3ccccc3)nc(-c3ccc(-c4ccc5c(c4)C4(c6ccccc6Oc6ccccc64)c4cc(-c6nc(-c7ccccc7)nc(-c7ccccc7)n6)ccc4-5)cc3)n2)cc1. The van der Waals surface area contributed by atoms with Crippen molar-refractivity contribution in [2.45, 2.75) is 5.41 Å². The number of nitrogens with zero attached hydrogens (tertiary/aromatic N) is 5. The number of rotatable bonds is 7. The highest BCUT2D eigenvalue weighted by molar-refractivity contribution is 5.92. The summed E-state index contributed by atoms with van der Waals surface area (Å²) in [5, 5.41) is 0. The molecule has 2 aromatic heterocycles. The summed E-state index contributed by atoms with van der Waals surface area (Å²) in [4.78, 5) is 25.5. The van der Waals surface area contributed by atoms with Crippen LogP contribution < -0.4 is 4.74 Å². The van der Waals surface area contributed by atoms with Crippen molar-refractivity contribution in [3.63, 3.8) is 0 Å². The first-order chi connectivity index (χ1) is 33.7. The fourth-order valence-corrected chi connectivity index (χ4v) is 10.1. The van der Waals surface area contributed by atoms with Crippen LogP contribution in [0.15, 0.2) is 237 Å². The summed E-state index contributed by atoms with van der Waals surface area (Å²) in [5.74, 6) is 4.19. The van der Waals surface area contributed by atoms with Gasteiger partial charge in [0, 0.05) is 44.5 Å². The van der Waals surface area contributed by atoms with Crippen molar-refractivity contribution in [2.75, 3.05) is 0 Å².